The van der Waals surface area contributed by atoms with E-state index < -0.39 is 24.0 Å². The van der Waals surface area contributed by atoms with E-state index in [4.69, 9.17) is 13.9 Å². The number of nitrogens with one attached hydrogen (secondary N) is 1. The van der Waals surface area contributed by atoms with Crippen molar-refractivity contribution in [3.05, 3.63) is 108 Å². The predicted molar refractivity (Wildman–Crippen MR) is 136 cm³/mol. The zero-order valence-electron chi connectivity index (χ0n) is 20.2. The summed E-state index contributed by atoms with van der Waals surface area (Å²) >= 11 is 0. The molecule has 4 aromatic rings. The predicted octanol–water partition coefficient (Wildman–Crippen LogP) is 4.52. The number of phenolic OH excluding ortho intramolecular Hbond substituents is 1. The molecule has 2 N–H and O–H groups in total. The smallest absolute Gasteiger partial charge is 0.272 e. The largest absolute Gasteiger partial charge is 0.508 e. The summed E-state index contributed by atoms with van der Waals surface area (Å²) in [6.45, 7) is 1.98. The number of furan rings is 1. The fourth-order valence-electron chi connectivity index (χ4n) is 4.20. The SMILES string of the molecule is Cc1ccc(C(C(=O)NCc2ccccc2)N(C(=O)C2COc3ccccc3O2)c2cccc(O)c2)o1. The Labute approximate surface area is 214 Å². The highest BCUT2D eigenvalue weighted by molar-refractivity contribution is 6.03. The Bertz CT molecular complexity index is 1400. The van der Waals surface area contributed by atoms with Crippen LogP contribution in [0.4, 0.5) is 5.69 Å². The maximum atomic E-state index is 14.0. The van der Waals surface area contributed by atoms with Crippen LogP contribution >= 0.6 is 0 Å². The number of rotatable bonds is 7. The van der Waals surface area contributed by atoms with Crippen molar-refractivity contribution >= 4 is 17.5 Å². The van der Waals surface area contributed by atoms with Crippen LogP contribution in [0.2, 0.25) is 0 Å². The number of aromatic hydroxyl groups is 1. The summed E-state index contributed by atoms with van der Waals surface area (Å²) in [5, 5.41) is 13.1. The van der Waals surface area contributed by atoms with E-state index in [1.165, 1.54) is 17.0 Å². The molecule has 0 saturated heterocycles. The van der Waals surface area contributed by atoms with Crippen LogP contribution < -0.4 is 19.7 Å². The highest BCUT2D eigenvalue weighted by atomic mass is 16.6. The summed E-state index contributed by atoms with van der Waals surface area (Å²) in [6, 6.07) is 24.9. The molecule has 8 heteroatoms. The monoisotopic (exact) mass is 498 g/mol. The van der Waals surface area contributed by atoms with Crippen LogP contribution in [0.3, 0.4) is 0 Å². The lowest BCUT2D eigenvalue weighted by molar-refractivity contribution is -0.132. The molecule has 1 aliphatic rings. The lowest BCUT2D eigenvalue weighted by atomic mass is 10.1. The van der Waals surface area contributed by atoms with E-state index in [9.17, 15) is 14.7 Å². The van der Waals surface area contributed by atoms with Crippen LogP contribution in [0.25, 0.3) is 0 Å². The van der Waals surface area contributed by atoms with Crippen molar-refractivity contribution in [2.45, 2.75) is 25.6 Å². The molecule has 0 fully saturated rings. The summed E-state index contributed by atoms with van der Waals surface area (Å²) in [5.74, 6) is 0.806. The van der Waals surface area contributed by atoms with Gasteiger partial charge in [-0.3, -0.25) is 14.5 Å². The van der Waals surface area contributed by atoms with Gasteiger partial charge in [-0.05, 0) is 48.9 Å². The normalized spacial score (nSPS) is 15.0. The zero-order valence-corrected chi connectivity index (χ0v) is 20.2. The number of phenols is 1. The summed E-state index contributed by atoms with van der Waals surface area (Å²) in [5.41, 5.74) is 1.21. The Morgan fingerprint density at radius 2 is 1.73 bits per heavy atom. The summed E-state index contributed by atoms with van der Waals surface area (Å²) < 4.78 is 17.6. The third-order valence-electron chi connectivity index (χ3n) is 5.98. The Kier molecular flexibility index (Phi) is 6.81. The average molecular weight is 499 g/mol. The first-order chi connectivity index (χ1) is 18.0. The second-order valence-corrected chi connectivity index (χ2v) is 8.65. The lowest BCUT2D eigenvalue weighted by Gasteiger charge is -2.34. The average Bonchev–Trinajstić information content (AvgIpc) is 3.35. The number of carbonyl (C=O) groups excluding carboxylic acids is 2. The molecule has 2 amide bonds. The van der Waals surface area contributed by atoms with Crippen LogP contribution in [0.5, 0.6) is 17.2 Å². The molecule has 2 heterocycles. The van der Waals surface area contributed by atoms with Gasteiger partial charge in [0.1, 0.15) is 23.9 Å². The third kappa shape index (κ3) is 5.28. The van der Waals surface area contributed by atoms with E-state index in [0.29, 0.717) is 22.9 Å². The van der Waals surface area contributed by atoms with Crippen molar-refractivity contribution < 1.29 is 28.6 Å². The van der Waals surface area contributed by atoms with E-state index in [2.05, 4.69) is 5.32 Å². The van der Waals surface area contributed by atoms with E-state index in [-0.39, 0.29) is 24.7 Å². The number of nitrogens with zero attached hydrogens (tertiary/aromatic N) is 1. The number of hydrogen-bond acceptors (Lipinski definition) is 6. The van der Waals surface area contributed by atoms with Gasteiger partial charge in [0, 0.05) is 18.3 Å². The molecule has 1 aromatic heterocycles. The molecule has 3 aromatic carbocycles. The number of fused-ring (bicyclic) bond motifs is 1. The first-order valence-corrected chi connectivity index (χ1v) is 11.9. The molecule has 0 radical (unpaired) electrons. The molecule has 1 aliphatic heterocycles. The first-order valence-electron chi connectivity index (χ1n) is 11.9. The molecule has 0 saturated carbocycles. The van der Waals surface area contributed by atoms with Gasteiger partial charge in [-0.15, -0.1) is 0 Å². The molecule has 37 heavy (non-hydrogen) atoms. The quantitative estimate of drug-likeness (QED) is 0.388. The van der Waals surface area contributed by atoms with Crippen LogP contribution in [0.1, 0.15) is 23.1 Å². The van der Waals surface area contributed by atoms with E-state index in [1.807, 2.05) is 36.4 Å². The molecule has 5 rings (SSSR count). The molecular weight excluding hydrogens is 472 g/mol. The standard InChI is InChI=1S/C29H26N2O6/c1-19-14-15-25(36-19)27(28(33)30-17-20-8-3-2-4-9-20)31(21-10-7-11-22(32)16-21)29(34)26-18-35-23-12-5-6-13-24(23)37-26/h2-16,26-27,32H,17-18H2,1H3,(H,30,33). The summed E-state index contributed by atoms with van der Waals surface area (Å²) in [4.78, 5) is 29.0. The molecule has 188 valence electrons. The van der Waals surface area contributed by atoms with Gasteiger partial charge in [0.25, 0.3) is 11.8 Å². The van der Waals surface area contributed by atoms with Gasteiger partial charge < -0.3 is 24.3 Å². The topological polar surface area (TPSA) is 101 Å². The fourth-order valence-corrected chi connectivity index (χ4v) is 4.20. The molecule has 2 unspecified atom stereocenters. The van der Waals surface area contributed by atoms with E-state index in [0.717, 1.165) is 5.56 Å². The minimum Gasteiger partial charge on any atom is -0.508 e. The number of para-hydroxylation sites is 2. The van der Waals surface area contributed by atoms with Gasteiger partial charge in [0.2, 0.25) is 6.10 Å². The summed E-state index contributed by atoms with van der Waals surface area (Å²) in [6.07, 6.45) is -1.03. The molecule has 0 spiro atoms. The summed E-state index contributed by atoms with van der Waals surface area (Å²) in [7, 11) is 0. The van der Waals surface area contributed by atoms with Crippen LogP contribution in [0, 0.1) is 6.92 Å². The Morgan fingerprint density at radius 3 is 2.46 bits per heavy atom. The van der Waals surface area contributed by atoms with Gasteiger partial charge in [0.15, 0.2) is 17.5 Å². The molecule has 0 bridgehead atoms. The number of amides is 2. The van der Waals surface area contributed by atoms with Gasteiger partial charge in [-0.25, -0.2) is 0 Å². The Morgan fingerprint density at radius 1 is 0.973 bits per heavy atom. The zero-order chi connectivity index (χ0) is 25.8. The van der Waals surface area contributed by atoms with E-state index >= 15 is 0 Å². The maximum absolute atomic E-state index is 14.0. The minimum atomic E-state index is -1.17. The van der Waals surface area contributed by atoms with Crippen molar-refractivity contribution in [3.8, 4) is 17.2 Å². The number of aryl methyl sites for hydroxylation is 1. The number of benzene rings is 3. The van der Waals surface area contributed by atoms with Crippen molar-refractivity contribution in [1.29, 1.82) is 0 Å². The highest BCUT2D eigenvalue weighted by Crippen LogP contribution is 2.35. The second kappa shape index (κ2) is 10.5. The first kappa shape index (κ1) is 24.0. The van der Waals surface area contributed by atoms with Crippen molar-refractivity contribution in [2.75, 3.05) is 11.5 Å². The highest BCUT2D eigenvalue weighted by Gasteiger charge is 2.40. The maximum Gasteiger partial charge on any atom is 0.272 e. The molecular formula is C29H26N2O6. The molecule has 2 atom stereocenters. The fraction of sp³-hybridized carbons (Fsp3) is 0.172. The molecule has 8 nitrogen and oxygen atoms in total. The van der Waals surface area contributed by atoms with Crippen molar-refractivity contribution in [3.63, 3.8) is 0 Å². The van der Waals surface area contributed by atoms with Gasteiger partial charge >= 0.3 is 0 Å². The Hall–Kier alpha value is -4.72. The van der Waals surface area contributed by atoms with Gasteiger partial charge in [0.05, 0.1) is 0 Å². The van der Waals surface area contributed by atoms with Gasteiger partial charge in [-0.1, -0.05) is 48.5 Å². The van der Waals surface area contributed by atoms with Crippen molar-refractivity contribution in [1.82, 2.24) is 5.32 Å². The van der Waals surface area contributed by atoms with Crippen LogP contribution in [-0.2, 0) is 16.1 Å². The number of anilines is 1. The third-order valence-corrected chi connectivity index (χ3v) is 5.98. The molecule has 0 aliphatic carbocycles. The number of ether oxygens (including phenoxy) is 2. The minimum absolute atomic E-state index is 0.0410. The second-order valence-electron chi connectivity index (χ2n) is 8.65. The van der Waals surface area contributed by atoms with E-state index in [1.54, 1.807) is 49.4 Å². The number of hydrogen-bond donors (Lipinski definition) is 2. The van der Waals surface area contributed by atoms with Crippen LogP contribution in [0.15, 0.2) is 95.4 Å². The lowest BCUT2D eigenvalue weighted by Crippen LogP contribution is -2.51. The van der Waals surface area contributed by atoms with Crippen LogP contribution in [-0.4, -0.2) is 29.6 Å². The Balaban J connectivity index is 1.52. The van der Waals surface area contributed by atoms with Gasteiger partial charge in [-0.2, -0.15) is 0 Å². The number of carbonyl (C=O) groups is 2. The van der Waals surface area contributed by atoms with Crippen molar-refractivity contribution in [2.24, 2.45) is 0 Å².